The summed E-state index contributed by atoms with van der Waals surface area (Å²) in [7, 11) is 0. The molecule has 3 nitrogen and oxygen atoms in total. The van der Waals surface area contributed by atoms with Crippen LogP contribution in [0.5, 0.6) is 0 Å². The van der Waals surface area contributed by atoms with Crippen molar-refractivity contribution in [2.45, 2.75) is 57.2 Å². The van der Waals surface area contributed by atoms with Crippen molar-refractivity contribution in [2.24, 2.45) is 0 Å². The predicted molar refractivity (Wildman–Crippen MR) is 85.5 cm³/mol. The SMILES string of the molecule is CCCCCCCCc1nnc(C(Cl)c2ccccc2)o1. The van der Waals surface area contributed by atoms with Crippen LogP contribution in [0, 0.1) is 0 Å². The summed E-state index contributed by atoms with van der Waals surface area (Å²) in [6.07, 6.45) is 8.39. The van der Waals surface area contributed by atoms with Crippen molar-refractivity contribution in [3.8, 4) is 0 Å². The summed E-state index contributed by atoms with van der Waals surface area (Å²) in [6.45, 7) is 2.23. The van der Waals surface area contributed by atoms with Gasteiger partial charge in [0.15, 0.2) is 0 Å². The van der Waals surface area contributed by atoms with Crippen molar-refractivity contribution in [2.75, 3.05) is 0 Å². The van der Waals surface area contributed by atoms with E-state index in [9.17, 15) is 0 Å². The van der Waals surface area contributed by atoms with Crippen molar-refractivity contribution < 1.29 is 4.42 Å². The van der Waals surface area contributed by atoms with Gasteiger partial charge in [-0.05, 0) is 12.0 Å². The second-order valence-corrected chi connectivity index (χ2v) is 5.76. The molecule has 21 heavy (non-hydrogen) atoms. The van der Waals surface area contributed by atoms with E-state index in [1.807, 2.05) is 30.3 Å². The third-order valence-corrected chi connectivity index (χ3v) is 3.97. The zero-order chi connectivity index (χ0) is 14.9. The Balaban J connectivity index is 1.79. The molecule has 1 atom stereocenters. The number of unbranched alkanes of at least 4 members (excludes halogenated alkanes) is 5. The summed E-state index contributed by atoms with van der Waals surface area (Å²) in [5.41, 5.74) is 0.980. The Morgan fingerprint density at radius 1 is 1.00 bits per heavy atom. The highest BCUT2D eigenvalue weighted by Gasteiger charge is 2.17. The molecule has 1 unspecified atom stereocenters. The molecule has 4 heteroatoms. The molecule has 0 aliphatic heterocycles. The molecule has 0 spiro atoms. The molecule has 114 valence electrons. The highest BCUT2D eigenvalue weighted by molar-refractivity contribution is 6.22. The van der Waals surface area contributed by atoms with Gasteiger partial charge in [-0.2, -0.15) is 0 Å². The zero-order valence-electron chi connectivity index (χ0n) is 12.6. The van der Waals surface area contributed by atoms with E-state index in [1.165, 1.54) is 32.1 Å². The zero-order valence-corrected chi connectivity index (χ0v) is 13.4. The Morgan fingerprint density at radius 3 is 2.48 bits per heavy atom. The lowest BCUT2D eigenvalue weighted by Crippen LogP contribution is -1.92. The maximum atomic E-state index is 6.37. The maximum Gasteiger partial charge on any atom is 0.238 e. The first-order chi connectivity index (χ1) is 10.3. The number of halogens is 1. The number of hydrogen-bond donors (Lipinski definition) is 0. The fourth-order valence-corrected chi connectivity index (χ4v) is 2.52. The van der Waals surface area contributed by atoms with Gasteiger partial charge in [-0.1, -0.05) is 69.4 Å². The molecule has 0 fully saturated rings. The number of rotatable bonds is 9. The molecule has 0 aliphatic rings. The predicted octanol–water partition coefficient (Wildman–Crippen LogP) is 5.30. The van der Waals surface area contributed by atoms with Crippen LogP contribution in [0.15, 0.2) is 34.7 Å². The standard InChI is InChI=1S/C17H23ClN2O/c1-2-3-4-5-6-10-13-15-19-20-17(21-15)16(18)14-11-8-7-9-12-14/h7-9,11-12,16H,2-6,10,13H2,1H3. The Kier molecular flexibility index (Phi) is 6.74. The van der Waals surface area contributed by atoms with Gasteiger partial charge in [0.05, 0.1) is 0 Å². The summed E-state index contributed by atoms with van der Waals surface area (Å²) in [6, 6.07) is 9.81. The summed E-state index contributed by atoms with van der Waals surface area (Å²) < 4.78 is 5.67. The average molecular weight is 307 g/mol. The van der Waals surface area contributed by atoms with E-state index in [-0.39, 0.29) is 5.38 Å². The van der Waals surface area contributed by atoms with Gasteiger partial charge < -0.3 is 4.42 Å². The summed E-state index contributed by atoms with van der Waals surface area (Å²) >= 11 is 6.37. The molecular weight excluding hydrogens is 284 g/mol. The topological polar surface area (TPSA) is 38.9 Å². The van der Waals surface area contributed by atoms with Gasteiger partial charge >= 0.3 is 0 Å². The number of nitrogens with zero attached hydrogens (tertiary/aromatic N) is 2. The highest BCUT2D eigenvalue weighted by Crippen LogP contribution is 2.27. The maximum absolute atomic E-state index is 6.37. The molecule has 0 amide bonds. The molecule has 0 saturated carbocycles. The first kappa shape index (κ1) is 16.0. The molecule has 0 aliphatic carbocycles. The van der Waals surface area contributed by atoms with Gasteiger partial charge in [0.25, 0.3) is 0 Å². The van der Waals surface area contributed by atoms with E-state index in [2.05, 4.69) is 17.1 Å². The molecular formula is C17H23ClN2O. The normalized spacial score (nSPS) is 12.5. The van der Waals surface area contributed by atoms with E-state index >= 15 is 0 Å². The minimum atomic E-state index is -0.364. The third kappa shape index (κ3) is 5.16. The smallest absolute Gasteiger partial charge is 0.238 e. The van der Waals surface area contributed by atoms with Crippen molar-refractivity contribution in [3.05, 3.63) is 47.7 Å². The van der Waals surface area contributed by atoms with Crippen molar-refractivity contribution in [1.82, 2.24) is 10.2 Å². The second-order valence-electron chi connectivity index (χ2n) is 5.33. The van der Waals surface area contributed by atoms with Gasteiger partial charge in [0, 0.05) is 6.42 Å². The highest BCUT2D eigenvalue weighted by atomic mass is 35.5. The summed E-state index contributed by atoms with van der Waals surface area (Å²) in [5, 5.41) is 7.80. The van der Waals surface area contributed by atoms with Gasteiger partial charge in [0.1, 0.15) is 5.38 Å². The lowest BCUT2D eigenvalue weighted by Gasteiger charge is -2.03. The molecule has 0 radical (unpaired) electrons. The Bertz CT molecular complexity index is 513. The number of alkyl halides is 1. The minimum absolute atomic E-state index is 0.364. The van der Waals surface area contributed by atoms with Crippen LogP contribution >= 0.6 is 11.6 Å². The van der Waals surface area contributed by atoms with Crippen molar-refractivity contribution in [3.63, 3.8) is 0 Å². The first-order valence-electron chi connectivity index (χ1n) is 7.82. The fraction of sp³-hybridized carbons (Fsp3) is 0.529. The van der Waals surface area contributed by atoms with Crippen molar-refractivity contribution >= 4 is 11.6 Å². The molecule has 0 bridgehead atoms. The molecule has 2 aromatic rings. The van der Waals surface area contributed by atoms with E-state index in [4.69, 9.17) is 16.0 Å². The van der Waals surface area contributed by atoms with Crippen LogP contribution < -0.4 is 0 Å². The number of benzene rings is 1. The monoisotopic (exact) mass is 306 g/mol. The Hall–Kier alpha value is -1.35. The van der Waals surface area contributed by atoms with Crippen LogP contribution in [0.3, 0.4) is 0 Å². The van der Waals surface area contributed by atoms with Gasteiger partial charge in [-0.3, -0.25) is 0 Å². The number of aryl methyl sites for hydroxylation is 1. The van der Waals surface area contributed by atoms with Crippen LogP contribution in [0.2, 0.25) is 0 Å². The lowest BCUT2D eigenvalue weighted by atomic mass is 10.1. The van der Waals surface area contributed by atoms with Crippen LogP contribution in [-0.2, 0) is 6.42 Å². The molecule has 0 saturated heterocycles. The number of aromatic nitrogens is 2. The average Bonchev–Trinajstić information content (AvgIpc) is 3.00. The first-order valence-corrected chi connectivity index (χ1v) is 8.26. The quantitative estimate of drug-likeness (QED) is 0.466. The number of hydrogen-bond acceptors (Lipinski definition) is 3. The second kappa shape index (κ2) is 8.83. The Labute approximate surface area is 131 Å². The summed E-state index contributed by atoms with van der Waals surface area (Å²) in [4.78, 5) is 0. The van der Waals surface area contributed by atoms with E-state index in [0.717, 1.165) is 18.4 Å². The Morgan fingerprint density at radius 2 is 1.71 bits per heavy atom. The largest absolute Gasteiger partial charge is 0.423 e. The van der Waals surface area contributed by atoms with E-state index < -0.39 is 0 Å². The van der Waals surface area contributed by atoms with Gasteiger partial charge in [-0.25, -0.2) is 0 Å². The van der Waals surface area contributed by atoms with E-state index in [1.54, 1.807) is 0 Å². The molecule has 1 heterocycles. The van der Waals surface area contributed by atoms with Gasteiger partial charge in [-0.15, -0.1) is 21.8 Å². The summed E-state index contributed by atoms with van der Waals surface area (Å²) in [5.74, 6) is 1.19. The van der Waals surface area contributed by atoms with E-state index in [0.29, 0.717) is 11.8 Å². The fourth-order valence-electron chi connectivity index (χ4n) is 2.29. The van der Waals surface area contributed by atoms with Crippen LogP contribution in [0.1, 0.15) is 68.2 Å². The van der Waals surface area contributed by atoms with Crippen LogP contribution in [0.25, 0.3) is 0 Å². The van der Waals surface area contributed by atoms with Crippen molar-refractivity contribution in [1.29, 1.82) is 0 Å². The minimum Gasteiger partial charge on any atom is -0.423 e. The molecule has 2 rings (SSSR count). The van der Waals surface area contributed by atoms with Gasteiger partial charge in [0.2, 0.25) is 11.8 Å². The molecule has 1 aromatic heterocycles. The molecule has 0 N–H and O–H groups in total. The lowest BCUT2D eigenvalue weighted by molar-refractivity contribution is 0.444. The van der Waals surface area contributed by atoms with Crippen LogP contribution in [-0.4, -0.2) is 10.2 Å². The molecule has 1 aromatic carbocycles. The van der Waals surface area contributed by atoms with Crippen LogP contribution in [0.4, 0.5) is 0 Å². The third-order valence-electron chi connectivity index (χ3n) is 3.54.